The minimum Gasteiger partial charge on any atom is -0.748 e. The average molecular weight is 293 g/mol. The maximum absolute atomic E-state index is 13.7. The SMILES string of the molecule is C[N+](C)(CCCS(=O)(=O)[O-])c1cc(O)c(O)cc1F. The summed E-state index contributed by atoms with van der Waals surface area (Å²) in [6.07, 6.45) is 0.0694. The van der Waals surface area contributed by atoms with Crippen LogP contribution in [0, 0.1) is 5.82 Å². The van der Waals surface area contributed by atoms with Gasteiger partial charge in [0.2, 0.25) is 0 Å². The smallest absolute Gasteiger partial charge is 0.187 e. The molecular weight excluding hydrogens is 277 g/mol. The summed E-state index contributed by atoms with van der Waals surface area (Å²) in [5, 5.41) is 18.5. The second-order valence-corrected chi connectivity index (χ2v) is 6.34. The standard InChI is InChI=1S/C11H16FNO5S/c1-13(2,4-3-5-19(16,17)18)9-7-11(15)10(14)6-8(9)12/h6-7H,3-5H2,1-2H3,(H2-,14,15,16,17,18). The molecule has 0 radical (unpaired) electrons. The van der Waals surface area contributed by atoms with Gasteiger partial charge in [-0.15, -0.1) is 0 Å². The minimum atomic E-state index is -4.30. The predicted molar refractivity (Wildman–Crippen MR) is 67.4 cm³/mol. The van der Waals surface area contributed by atoms with Crippen molar-refractivity contribution < 1.29 is 27.6 Å². The minimum absolute atomic E-state index is 0.0603. The Morgan fingerprint density at radius 1 is 1.26 bits per heavy atom. The largest absolute Gasteiger partial charge is 0.748 e. The Morgan fingerprint density at radius 2 is 1.79 bits per heavy atom. The van der Waals surface area contributed by atoms with E-state index in [0.717, 1.165) is 12.1 Å². The Labute approximate surface area is 111 Å². The lowest BCUT2D eigenvalue weighted by molar-refractivity contribution is 0.365. The summed E-state index contributed by atoms with van der Waals surface area (Å²) >= 11 is 0. The van der Waals surface area contributed by atoms with E-state index in [1.54, 1.807) is 14.1 Å². The zero-order valence-electron chi connectivity index (χ0n) is 10.6. The van der Waals surface area contributed by atoms with Crippen LogP contribution < -0.4 is 4.48 Å². The number of halogens is 1. The molecule has 0 aliphatic carbocycles. The van der Waals surface area contributed by atoms with Crippen LogP contribution in [0.15, 0.2) is 12.1 Å². The molecular formula is C11H16FNO5S. The molecule has 19 heavy (non-hydrogen) atoms. The van der Waals surface area contributed by atoms with Crippen LogP contribution in [0.5, 0.6) is 11.5 Å². The van der Waals surface area contributed by atoms with Gasteiger partial charge in [-0.05, 0) is 0 Å². The van der Waals surface area contributed by atoms with Crippen molar-refractivity contribution in [2.24, 2.45) is 0 Å². The fourth-order valence-corrected chi connectivity index (χ4v) is 2.24. The number of hydrogen-bond acceptors (Lipinski definition) is 5. The molecule has 0 fully saturated rings. The highest BCUT2D eigenvalue weighted by Gasteiger charge is 2.25. The Kier molecular flexibility index (Phi) is 4.39. The second kappa shape index (κ2) is 5.32. The monoisotopic (exact) mass is 293 g/mol. The van der Waals surface area contributed by atoms with Gasteiger partial charge in [-0.1, -0.05) is 0 Å². The highest BCUT2D eigenvalue weighted by molar-refractivity contribution is 7.85. The van der Waals surface area contributed by atoms with Crippen molar-refractivity contribution in [1.29, 1.82) is 0 Å². The summed E-state index contributed by atoms with van der Waals surface area (Å²) in [4.78, 5) is 0. The van der Waals surface area contributed by atoms with Crippen molar-refractivity contribution in [3.8, 4) is 11.5 Å². The molecule has 0 unspecified atom stereocenters. The maximum Gasteiger partial charge on any atom is 0.187 e. The van der Waals surface area contributed by atoms with Crippen molar-refractivity contribution in [2.75, 3.05) is 26.4 Å². The van der Waals surface area contributed by atoms with Crippen LogP contribution in [0.2, 0.25) is 0 Å². The lowest BCUT2D eigenvalue weighted by atomic mass is 10.2. The summed E-state index contributed by atoms with van der Waals surface area (Å²) in [6.45, 7) is 0.197. The van der Waals surface area contributed by atoms with E-state index in [-0.39, 0.29) is 23.1 Å². The van der Waals surface area contributed by atoms with E-state index in [9.17, 15) is 22.5 Å². The van der Waals surface area contributed by atoms with E-state index < -0.39 is 33.2 Å². The van der Waals surface area contributed by atoms with Gasteiger partial charge in [-0.2, -0.15) is 0 Å². The van der Waals surface area contributed by atoms with E-state index in [1.807, 2.05) is 0 Å². The molecule has 0 aromatic heterocycles. The fraction of sp³-hybridized carbons (Fsp3) is 0.455. The summed E-state index contributed by atoms with van der Waals surface area (Å²) < 4.78 is 45.2. The molecule has 0 bridgehead atoms. The van der Waals surface area contributed by atoms with E-state index in [2.05, 4.69) is 0 Å². The van der Waals surface area contributed by atoms with Gasteiger partial charge in [-0.3, -0.25) is 4.48 Å². The molecule has 6 nitrogen and oxygen atoms in total. The zero-order chi connectivity index (χ0) is 14.8. The predicted octanol–water partition coefficient (Wildman–Crippen LogP) is 0.739. The van der Waals surface area contributed by atoms with Gasteiger partial charge in [0.15, 0.2) is 23.0 Å². The van der Waals surface area contributed by atoms with Crippen LogP contribution in [-0.2, 0) is 10.1 Å². The number of hydrogen-bond donors (Lipinski definition) is 2. The first-order chi connectivity index (χ1) is 8.53. The molecule has 8 heteroatoms. The highest BCUT2D eigenvalue weighted by atomic mass is 32.2. The van der Waals surface area contributed by atoms with Gasteiger partial charge in [0.05, 0.1) is 30.8 Å². The summed E-state index contributed by atoms with van der Waals surface area (Å²) in [5.74, 6) is -2.27. The third-order valence-electron chi connectivity index (χ3n) is 2.81. The van der Waals surface area contributed by atoms with Crippen LogP contribution >= 0.6 is 0 Å². The lowest BCUT2D eigenvalue weighted by Gasteiger charge is -2.29. The van der Waals surface area contributed by atoms with Crippen LogP contribution in [0.25, 0.3) is 0 Å². The molecule has 0 saturated heterocycles. The van der Waals surface area contributed by atoms with E-state index in [1.165, 1.54) is 0 Å². The third kappa shape index (κ3) is 4.34. The number of quaternary nitrogens is 1. The second-order valence-electron chi connectivity index (χ2n) is 4.82. The molecule has 0 spiro atoms. The third-order valence-corrected chi connectivity index (χ3v) is 3.60. The van der Waals surface area contributed by atoms with Crippen LogP contribution in [0.3, 0.4) is 0 Å². The average Bonchev–Trinajstić information content (AvgIpc) is 2.20. The number of rotatable bonds is 5. The molecule has 0 amide bonds. The van der Waals surface area contributed by atoms with Gasteiger partial charge in [0.25, 0.3) is 0 Å². The Morgan fingerprint density at radius 3 is 2.32 bits per heavy atom. The zero-order valence-corrected chi connectivity index (χ0v) is 11.4. The Bertz CT molecular complexity index is 571. The number of benzene rings is 1. The first-order valence-electron chi connectivity index (χ1n) is 5.51. The molecule has 0 aliphatic rings. The molecule has 1 aromatic rings. The van der Waals surface area contributed by atoms with Gasteiger partial charge in [0.1, 0.15) is 0 Å². The molecule has 1 aromatic carbocycles. The van der Waals surface area contributed by atoms with Crippen LogP contribution in [-0.4, -0.2) is 49.6 Å². The molecule has 0 heterocycles. The summed E-state index contributed by atoms with van der Waals surface area (Å²) in [7, 11) is -1.09. The van der Waals surface area contributed by atoms with Gasteiger partial charge in [-0.25, -0.2) is 12.8 Å². The van der Waals surface area contributed by atoms with Gasteiger partial charge < -0.3 is 14.8 Å². The Hall–Kier alpha value is -1.38. The molecule has 2 N–H and O–H groups in total. The van der Waals surface area contributed by atoms with E-state index >= 15 is 0 Å². The molecule has 0 aliphatic heterocycles. The van der Waals surface area contributed by atoms with E-state index in [0.29, 0.717) is 0 Å². The summed E-state index contributed by atoms with van der Waals surface area (Å²) in [6, 6.07) is 1.87. The molecule has 1 rings (SSSR count). The van der Waals surface area contributed by atoms with E-state index in [4.69, 9.17) is 5.11 Å². The van der Waals surface area contributed by atoms with Gasteiger partial charge in [0, 0.05) is 24.3 Å². The van der Waals surface area contributed by atoms with Crippen molar-refractivity contribution in [1.82, 2.24) is 4.48 Å². The number of aromatic hydroxyl groups is 2. The highest BCUT2D eigenvalue weighted by Crippen LogP contribution is 2.34. The lowest BCUT2D eigenvalue weighted by Crippen LogP contribution is -2.42. The molecule has 0 saturated carbocycles. The fourth-order valence-electron chi connectivity index (χ4n) is 1.76. The summed E-state index contributed by atoms with van der Waals surface area (Å²) in [5.41, 5.74) is 0.0959. The Balaban J connectivity index is 2.91. The quantitative estimate of drug-likeness (QED) is 0.474. The van der Waals surface area contributed by atoms with Crippen molar-refractivity contribution >= 4 is 15.8 Å². The van der Waals surface area contributed by atoms with Crippen molar-refractivity contribution in [2.45, 2.75) is 6.42 Å². The maximum atomic E-state index is 13.7. The normalized spacial score (nSPS) is 12.6. The van der Waals surface area contributed by atoms with Gasteiger partial charge >= 0.3 is 0 Å². The molecule has 108 valence electrons. The van der Waals surface area contributed by atoms with Crippen molar-refractivity contribution in [3.05, 3.63) is 17.9 Å². The van der Waals surface area contributed by atoms with Crippen LogP contribution in [0.1, 0.15) is 6.42 Å². The van der Waals surface area contributed by atoms with Crippen molar-refractivity contribution in [3.63, 3.8) is 0 Å². The van der Waals surface area contributed by atoms with Crippen LogP contribution in [0.4, 0.5) is 10.1 Å². The number of phenolic OH excluding ortho intramolecular Hbond substituents is 2. The number of phenols is 2. The first kappa shape index (κ1) is 15.7. The molecule has 0 atom stereocenters. The topological polar surface area (TPSA) is 97.7 Å². The first-order valence-corrected chi connectivity index (χ1v) is 7.09. The number of nitrogens with zero attached hydrogens (tertiary/aromatic N) is 1.